The summed E-state index contributed by atoms with van der Waals surface area (Å²) >= 11 is 0. The molecule has 6 heteroatoms. The number of likely N-dealkylation sites (tertiary alicyclic amines) is 1. The summed E-state index contributed by atoms with van der Waals surface area (Å²) in [4.78, 5) is 11.0. The van der Waals surface area contributed by atoms with Gasteiger partial charge >= 0.3 is 0 Å². The van der Waals surface area contributed by atoms with E-state index < -0.39 is 0 Å². The molecular weight excluding hydrogens is 290 g/mol. The van der Waals surface area contributed by atoms with E-state index in [0.717, 1.165) is 12.6 Å². The Kier molecular flexibility index (Phi) is 4.90. The first-order chi connectivity index (χ1) is 11.2. The van der Waals surface area contributed by atoms with E-state index in [1.807, 2.05) is 0 Å². The second-order valence-corrected chi connectivity index (χ2v) is 8.06. The molecule has 3 saturated heterocycles. The standard InChI is InChI=1S/C17H33N5O/c1-21(2)15-9-8-12(11-18-15)16-19-17(23-20-16)14-7-4-10-22(14)13-5-3-6-13/h12-20H,3-11H2,1-2H3/t12?,14-,15?,16?,17?/m1/s1. The van der Waals surface area contributed by atoms with Gasteiger partial charge in [0, 0.05) is 18.5 Å². The number of hydrogen-bond acceptors (Lipinski definition) is 6. The molecule has 0 aromatic carbocycles. The third-order valence-corrected chi connectivity index (χ3v) is 6.42. The third kappa shape index (κ3) is 3.30. The maximum absolute atomic E-state index is 5.99. The molecule has 4 unspecified atom stereocenters. The minimum absolute atomic E-state index is 0.162. The van der Waals surface area contributed by atoms with Crippen LogP contribution in [0.4, 0.5) is 0 Å². The average molecular weight is 323 g/mol. The van der Waals surface area contributed by atoms with Crippen LogP contribution in [-0.4, -0.2) is 67.6 Å². The van der Waals surface area contributed by atoms with E-state index in [9.17, 15) is 0 Å². The second-order valence-electron chi connectivity index (χ2n) is 8.06. The highest BCUT2D eigenvalue weighted by molar-refractivity contribution is 4.95. The zero-order valence-electron chi connectivity index (χ0n) is 14.6. The molecule has 0 spiro atoms. The molecular formula is C17H33N5O. The van der Waals surface area contributed by atoms with Gasteiger partial charge < -0.3 is 5.32 Å². The third-order valence-electron chi connectivity index (χ3n) is 6.42. The Labute approximate surface area is 140 Å². The molecule has 4 aliphatic rings. The van der Waals surface area contributed by atoms with E-state index in [1.165, 1.54) is 51.5 Å². The summed E-state index contributed by atoms with van der Waals surface area (Å²) in [6.45, 7) is 2.32. The Balaban J connectivity index is 1.29. The van der Waals surface area contributed by atoms with Crippen molar-refractivity contribution in [2.45, 2.75) is 75.6 Å². The quantitative estimate of drug-likeness (QED) is 0.707. The van der Waals surface area contributed by atoms with Gasteiger partial charge in [-0.1, -0.05) is 6.42 Å². The second kappa shape index (κ2) is 6.94. The van der Waals surface area contributed by atoms with E-state index in [0.29, 0.717) is 24.3 Å². The molecule has 0 bridgehead atoms. The predicted molar refractivity (Wildman–Crippen MR) is 90.5 cm³/mol. The van der Waals surface area contributed by atoms with Crippen LogP contribution in [0.3, 0.4) is 0 Å². The molecule has 0 aromatic rings. The van der Waals surface area contributed by atoms with Gasteiger partial charge in [0.15, 0.2) is 0 Å². The summed E-state index contributed by atoms with van der Waals surface area (Å²) in [5.74, 6) is 0.606. The first-order valence-electron chi connectivity index (χ1n) is 9.55. The number of rotatable bonds is 4. The lowest BCUT2D eigenvalue weighted by molar-refractivity contribution is -0.0399. The Bertz CT molecular complexity index is 394. The summed E-state index contributed by atoms with van der Waals surface area (Å²) in [5.41, 5.74) is 3.30. The van der Waals surface area contributed by atoms with Crippen molar-refractivity contribution in [1.82, 2.24) is 25.9 Å². The van der Waals surface area contributed by atoms with Crippen LogP contribution in [0.2, 0.25) is 0 Å². The van der Waals surface area contributed by atoms with Gasteiger partial charge in [0.25, 0.3) is 0 Å². The van der Waals surface area contributed by atoms with Crippen LogP contribution in [-0.2, 0) is 4.84 Å². The van der Waals surface area contributed by atoms with Gasteiger partial charge in [-0.05, 0) is 59.2 Å². The number of nitrogens with zero attached hydrogens (tertiary/aromatic N) is 2. The van der Waals surface area contributed by atoms with E-state index >= 15 is 0 Å². The van der Waals surface area contributed by atoms with Crippen molar-refractivity contribution in [2.75, 3.05) is 27.2 Å². The zero-order chi connectivity index (χ0) is 15.8. The molecule has 6 nitrogen and oxygen atoms in total. The van der Waals surface area contributed by atoms with Gasteiger partial charge in [-0.25, -0.2) is 0 Å². The SMILES string of the molecule is CN(C)C1CCC(C2NOC([C@H]3CCCN3C3CCC3)N2)CN1. The van der Waals surface area contributed by atoms with Crippen molar-refractivity contribution in [3.05, 3.63) is 0 Å². The smallest absolute Gasteiger partial charge is 0.146 e. The van der Waals surface area contributed by atoms with E-state index in [1.54, 1.807) is 0 Å². The van der Waals surface area contributed by atoms with Crippen molar-refractivity contribution in [3.8, 4) is 0 Å². The van der Waals surface area contributed by atoms with Crippen LogP contribution in [0.25, 0.3) is 0 Å². The van der Waals surface area contributed by atoms with Gasteiger partial charge in [0.2, 0.25) is 0 Å². The van der Waals surface area contributed by atoms with Crippen LogP contribution < -0.4 is 16.1 Å². The summed E-state index contributed by atoms with van der Waals surface area (Å²) in [6, 6.07) is 1.38. The highest BCUT2D eigenvalue weighted by atomic mass is 16.7. The lowest BCUT2D eigenvalue weighted by Crippen LogP contribution is -2.55. The van der Waals surface area contributed by atoms with Crippen molar-refractivity contribution in [1.29, 1.82) is 0 Å². The van der Waals surface area contributed by atoms with Crippen LogP contribution in [0.1, 0.15) is 44.9 Å². The maximum atomic E-state index is 5.99. The minimum atomic E-state index is 0.162. The fourth-order valence-electron chi connectivity index (χ4n) is 4.71. The number of hydrogen-bond donors (Lipinski definition) is 3. The summed E-state index contributed by atoms with van der Waals surface area (Å²) in [6.07, 6.45) is 10.2. The van der Waals surface area contributed by atoms with Crippen molar-refractivity contribution >= 4 is 0 Å². The van der Waals surface area contributed by atoms with E-state index in [-0.39, 0.29) is 6.23 Å². The van der Waals surface area contributed by atoms with E-state index in [2.05, 4.69) is 40.0 Å². The fourth-order valence-corrected chi connectivity index (χ4v) is 4.71. The van der Waals surface area contributed by atoms with Crippen LogP contribution in [0, 0.1) is 5.92 Å². The first-order valence-corrected chi connectivity index (χ1v) is 9.55. The van der Waals surface area contributed by atoms with Crippen molar-refractivity contribution in [2.24, 2.45) is 5.92 Å². The molecule has 3 aliphatic heterocycles. The predicted octanol–water partition coefficient (Wildman–Crippen LogP) is 0.667. The average Bonchev–Trinajstić information content (AvgIpc) is 3.14. The summed E-state index contributed by atoms with van der Waals surface area (Å²) in [7, 11) is 4.30. The molecule has 5 atom stereocenters. The largest absolute Gasteiger partial charge is 0.301 e. The van der Waals surface area contributed by atoms with E-state index in [4.69, 9.17) is 4.84 Å². The molecule has 3 N–H and O–H groups in total. The normalized spacial score (nSPS) is 43.2. The molecule has 3 heterocycles. The van der Waals surface area contributed by atoms with Crippen LogP contribution >= 0.6 is 0 Å². The molecule has 132 valence electrons. The molecule has 0 radical (unpaired) electrons. The first kappa shape index (κ1) is 16.2. The van der Waals surface area contributed by atoms with Gasteiger partial charge in [-0.2, -0.15) is 5.48 Å². The Hall–Kier alpha value is -0.240. The fraction of sp³-hybridized carbons (Fsp3) is 1.00. The molecule has 1 saturated carbocycles. The Morgan fingerprint density at radius 3 is 2.57 bits per heavy atom. The molecule has 1 aliphatic carbocycles. The molecule has 4 fully saturated rings. The number of hydroxylamine groups is 1. The monoisotopic (exact) mass is 323 g/mol. The Morgan fingerprint density at radius 2 is 1.91 bits per heavy atom. The van der Waals surface area contributed by atoms with Gasteiger partial charge in [-0.15, -0.1) is 0 Å². The summed E-state index contributed by atoms with van der Waals surface area (Å²) < 4.78 is 0. The zero-order valence-corrected chi connectivity index (χ0v) is 14.6. The van der Waals surface area contributed by atoms with Gasteiger partial charge in [-0.3, -0.25) is 20.0 Å². The highest BCUT2D eigenvalue weighted by Crippen LogP contribution is 2.33. The topological polar surface area (TPSA) is 51.8 Å². The molecule has 0 amide bonds. The van der Waals surface area contributed by atoms with Crippen LogP contribution in [0.5, 0.6) is 0 Å². The highest BCUT2D eigenvalue weighted by Gasteiger charge is 2.43. The lowest BCUT2D eigenvalue weighted by atomic mass is 9.90. The minimum Gasteiger partial charge on any atom is -0.301 e. The summed E-state index contributed by atoms with van der Waals surface area (Å²) in [5, 5.41) is 7.41. The van der Waals surface area contributed by atoms with Gasteiger partial charge in [0.05, 0.1) is 18.4 Å². The van der Waals surface area contributed by atoms with Crippen LogP contribution in [0.15, 0.2) is 0 Å². The molecule has 23 heavy (non-hydrogen) atoms. The van der Waals surface area contributed by atoms with Crippen molar-refractivity contribution < 1.29 is 4.84 Å². The Morgan fingerprint density at radius 1 is 1.04 bits per heavy atom. The number of piperidine rings is 1. The van der Waals surface area contributed by atoms with Crippen molar-refractivity contribution in [3.63, 3.8) is 0 Å². The van der Waals surface area contributed by atoms with Gasteiger partial charge in [0.1, 0.15) is 6.23 Å². The number of nitrogens with one attached hydrogen (secondary N) is 3. The molecule has 4 rings (SSSR count). The molecule has 0 aromatic heterocycles. The lowest BCUT2D eigenvalue weighted by Gasteiger charge is -2.40. The maximum Gasteiger partial charge on any atom is 0.146 e.